The lowest BCUT2D eigenvalue weighted by Crippen LogP contribution is -2.30. The van der Waals surface area contributed by atoms with Crippen molar-refractivity contribution in [2.45, 2.75) is 32.7 Å². The van der Waals surface area contributed by atoms with Gasteiger partial charge in [-0.2, -0.15) is 5.10 Å². The zero-order valence-corrected chi connectivity index (χ0v) is 15.8. The maximum Gasteiger partial charge on any atom is 0.337 e. The molecular formula is C20H19FN4O4. The Kier molecular flexibility index (Phi) is 4.57. The largest absolute Gasteiger partial charge is 0.478 e. The molecule has 1 saturated carbocycles. The number of rotatable bonds is 5. The Hall–Kier alpha value is -3.62. The van der Waals surface area contributed by atoms with E-state index in [1.165, 1.54) is 29.0 Å². The zero-order valence-electron chi connectivity index (χ0n) is 15.8. The summed E-state index contributed by atoms with van der Waals surface area (Å²) in [5.41, 5.74) is 1.57. The maximum absolute atomic E-state index is 14.9. The molecule has 0 radical (unpaired) electrons. The van der Waals surface area contributed by atoms with Crippen molar-refractivity contribution in [2.75, 3.05) is 5.32 Å². The molecule has 0 aliphatic heterocycles. The fraction of sp³-hybridized carbons (Fsp3) is 0.250. The number of nitrogens with one attached hydrogen (secondary N) is 2. The predicted octanol–water partition coefficient (Wildman–Crippen LogP) is 3.86. The van der Waals surface area contributed by atoms with Crippen molar-refractivity contribution in [1.82, 2.24) is 14.9 Å². The van der Waals surface area contributed by atoms with Crippen molar-refractivity contribution in [3.05, 3.63) is 53.1 Å². The molecule has 2 aromatic heterocycles. The Labute approximate surface area is 165 Å². The molecule has 150 valence electrons. The standard InChI is InChI=1S/C20H19FN4O4/c1-10-13(19(26)27)9-25-18(10)16(7-8-22-25)29-15-6-5-14(11(2)17(15)21)24-20(28)23-12-3-4-12/h5-9,12H,3-4H2,1-2H3,(H,26,27)(H2,23,24,28). The summed E-state index contributed by atoms with van der Waals surface area (Å²) in [6, 6.07) is 4.34. The highest BCUT2D eigenvalue weighted by atomic mass is 19.1. The Morgan fingerprint density at radius 1 is 1.21 bits per heavy atom. The molecule has 29 heavy (non-hydrogen) atoms. The fourth-order valence-electron chi connectivity index (χ4n) is 3.09. The van der Waals surface area contributed by atoms with Crippen molar-refractivity contribution in [2.24, 2.45) is 0 Å². The van der Waals surface area contributed by atoms with Gasteiger partial charge in [0.25, 0.3) is 0 Å². The molecule has 0 saturated heterocycles. The average molecular weight is 398 g/mol. The summed E-state index contributed by atoms with van der Waals surface area (Å²) >= 11 is 0. The van der Waals surface area contributed by atoms with Gasteiger partial charge in [-0.05, 0) is 44.4 Å². The maximum atomic E-state index is 14.9. The van der Waals surface area contributed by atoms with Crippen LogP contribution in [0.15, 0.2) is 30.6 Å². The highest BCUT2D eigenvalue weighted by Gasteiger charge is 2.24. The quantitative estimate of drug-likeness (QED) is 0.605. The lowest BCUT2D eigenvalue weighted by Gasteiger charge is -2.14. The van der Waals surface area contributed by atoms with Gasteiger partial charge < -0.3 is 20.5 Å². The first-order valence-corrected chi connectivity index (χ1v) is 9.10. The number of amides is 2. The molecule has 9 heteroatoms. The van der Waals surface area contributed by atoms with E-state index in [4.69, 9.17) is 4.74 Å². The van der Waals surface area contributed by atoms with E-state index in [0.29, 0.717) is 16.8 Å². The topological polar surface area (TPSA) is 105 Å². The van der Waals surface area contributed by atoms with Crippen LogP contribution in [0.4, 0.5) is 14.9 Å². The molecule has 0 unspecified atom stereocenters. The Morgan fingerprint density at radius 3 is 2.66 bits per heavy atom. The molecule has 1 aromatic carbocycles. The van der Waals surface area contributed by atoms with E-state index in [1.807, 2.05) is 0 Å². The number of urea groups is 1. The molecule has 3 aromatic rings. The Balaban J connectivity index is 1.63. The number of halogens is 1. The van der Waals surface area contributed by atoms with Crippen molar-refractivity contribution < 1.29 is 23.8 Å². The second-order valence-corrected chi connectivity index (χ2v) is 6.99. The van der Waals surface area contributed by atoms with Crippen LogP contribution in [0.5, 0.6) is 11.5 Å². The minimum Gasteiger partial charge on any atom is -0.478 e. The van der Waals surface area contributed by atoms with Gasteiger partial charge in [-0.3, -0.25) is 0 Å². The number of fused-ring (bicyclic) bond motifs is 1. The normalized spacial score (nSPS) is 13.3. The summed E-state index contributed by atoms with van der Waals surface area (Å²) in [6.07, 6.45) is 4.73. The Morgan fingerprint density at radius 2 is 1.97 bits per heavy atom. The van der Waals surface area contributed by atoms with Crippen molar-refractivity contribution in [3.63, 3.8) is 0 Å². The van der Waals surface area contributed by atoms with Gasteiger partial charge in [0.15, 0.2) is 17.3 Å². The molecular weight excluding hydrogens is 379 g/mol. The molecule has 1 fully saturated rings. The number of nitrogens with zero attached hydrogens (tertiary/aromatic N) is 2. The number of aromatic nitrogens is 2. The van der Waals surface area contributed by atoms with Gasteiger partial charge in [-0.1, -0.05) is 0 Å². The lowest BCUT2D eigenvalue weighted by atomic mass is 10.1. The third-order valence-corrected chi connectivity index (χ3v) is 4.85. The van der Waals surface area contributed by atoms with Crippen LogP contribution >= 0.6 is 0 Å². The number of carboxylic acid groups (broad SMARTS) is 1. The predicted molar refractivity (Wildman–Crippen MR) is 103 cm³/mol. The van der Waals surface area contributed by atoms with Crippen LogP contribution in [-0.4, -0.2) is 32.8 Å². The highest BCUT2D eigenvalue weighted by Crippen LogP contribution is 2.34. The SMILES string of the molecule is Cc1c(NC(=O)NC2CC2)ccc(Oc2ccnn3cc(C(=O)O)c(C)c23)c1F. The third kappa shape index (κ3) is 3.58. The van der Waals surface area contributed by atoms with Crippen LogP contribution in [0, 0.1) is 19.7 Å². The van der Waals surface area contributed by atoms with Gasteiger partial charge in [0, 0.05) is 29.6 Å². The van der Waals surface area contributed by atoms with Gasteiger partial charge in [0.1, 0.15) is 5.52 Å². The van der Waals surface area contributed by atoms with Gasteiger partial charge in [-0.15, -0.1) is 0 Å². The second-order valence-electron chi connectivity index (χ2n) is 6.99. The first-order valence-electron chi connectivity index (χ1n) is 9.10. The van der Waals surface area contributed by atoms with E-state index in [-0.39, 0.29) is 34.7 Å². The summed E-state index contributed by atoms with van der Waals surface area (Å²) in [5.74, 6) is -1.47. The van der Waals surface area contributed by atoms with E-state index in [0.717, 1.165) is 12.8 Å². The molecule has 0 spiro atoms. The van der Waals surface area contributed by atoms with Crippen LogP contribution in [-0.2, 0) is 0 Å². The van der Waals surface area contributed by atoms with Crippen LogP contribution in [0.25, 0.3) is 5.52 Å². The summed E-state index contributed by atoms with van der Waals surface area (Å²) in [7, 11) is 0. The van der Waals surface area contributed by atoms with E-state index < -0.39 is 11.8 Å². The van der Waals surface area contributed by atoms with E-state index in [1.54, 1.807) is 19.9 Å². The fourth-order valence-corrected chi connectivity index (χ4v) is 3.09. The van der Waals surface area contributed by atoms with E-state index >= 15 is 0 Å². The van der Waals surface area contributed by atoms with Crippen LogP contribution in [0.2, 0.25) is 0 Å². The number of aromatic carboxylic acids is 1. The smallest absolute Gasteiger partial charge is 0.337 e. The minimum absolute atomic E-state index is 0.0405. The van der Waals surface area contributed by atoms with Crippen molar-refractivity contribution >= 4 is 23.2 Å². The molecule has 3 N–H and O–H groups in total. The van der Waals surface area contributed by atoms with E-state index in [2.05, 4.69) is 15.7 Å². The molecule has 1 aliphatic carbocycles. The van der Waals surface area contributed by atoms with E-state index in [9.17, 15) is 19.1 Å². The number of anilines is 1. The number of hydrogen-bond acceptors (Lipinski definition) is 4. The van der Waals surface area contributed by atoms with Crippen molar-refractivity contribution in [3.8, 4) is 11.5 Å². The molecule has 1 aliphatic rings. The third-order valence-electron chi connectivity index (χ3n) is 4.85. The average Bonchev–Trinajstić information content (AvgIpc) is 3.42. The molecule has 4 rings (SSSR count). The van der Waals surface area contributed by atoms with Crippen LogP contribution < -0.4 is 15.4 Å². The lowest BCUT2D eigenvalue weighted by molar-refractivity contribution is 0.0696. The monoisotopic (exact) mass is 398 g/mol. The molecule has 2 heterocycles. The molecule has 0 bridgehead atoms. The zero-order chi connectivity index (χ0) is 20.7. The first kappa shape index (κ1) is 18.7. The number of ether oxygens (including phenoxy) is 1. The number of carbonyl (C=O) groups excluding carboxylic acids is 1. The molecule has 2 amide bonds. The molecule has 0 atom stereocenters. The molecule has 8 nitrogen and oxygen atoms in total. The van der Waals surface area contributed by atoms with Gasteiger partial charge in [0.2, 0.25) is 0 Å². The Bertz CT molecular complexity index is 1140. The van der Waals surface area contributed by atoms with Crippen molar-refractivity contribution in [1.29, 1.82) is 0 Å². The summed E-state index contributed by atoms with van der Waals surface area (Å²) in [5, 5.41) is 18.8. The van der Waals surface area contributed by atoms with Gasteiger partial charge in [0.05, 0.1) is 11.8 Å². The van der Waals surface area contributed by atoms with Gasteiger partial charge in [-0.25, -0.2) is 18.5 Å². The first-order chi connectivity index (χ1) is 13.8. The summed E-state index contributed by atoms with van der Waals surface area (Å²) in [4.78, 5) is 23.3. The number of hydrogen-bond donors (Lipinski definition) is 3. The summed E-state index contributed by atoms with van der Waals surface area (Å²) < 4.78 is 22.0. The van der Waals surface area contributed by atoms with Crippen LogP contribution in [0.3, 0.4) is 0 Å². The summed E-state index contributed by atoms with van der Waals surface area (Å²) in [6.45, 7) is 3.18. The van der Waals surface area contributed by atoms with Gasteiger partial charge >= 0.3 is 12.0 Å². The number of carbonyl (C=O) groups is 2. The number of aryl methyl sites for hydroxylation is 1. The second kappa shape index (κ2) is 7.08. The van der Waals surface area contributed by atoms with Crippen LogP contribution in [0.1, 0.15) is 34.3 Å². The number of benzene rings is 1. The minimum atomic E-state index is -1.08. The number of carboxylic acids is 1. The highest BCUT2D eigenvalue weighted by molar-refractivity contribution is 5.93.